The quantitative estimate of drug-likeness (QED) is 0.296. The summed E-state index contributed by atoms with van der Waals surface area (Å²) in [7, 11) is 0. The van der Waals surface area contributed by atoms with Gasteiger partial charge in [0, 0.05) is 0 Å². The lowest BCUT2D eigenvalue weighted by molar-refractivity contribution is -0.163. The van der Waals surface area contributed by atoms with Crippen LogP contribution in [0.15, 0.2) is 0 Å². The minimum absolute atomic E-state index is 0.203. The van der Waals surface area contributed by atoms with Crippen molar-refractivity contribution in [3.8, 4) is 0 Å². The minimum atomic E-state index is -1.08. The molecule has 4 heteroatoms. The van der Waals surface area contributed by atoms with Gasteiger partial charge >= 0.3 is 5.97 Å². The fourth-order valence-electron chi connectivity index (χ4n) is 2.78. The van der Waals surface area contributed by atoms with Crippen LogP contribution in [0, 0.1) is 0 Å². The van der Waals surface area contributed by atoms with Crippen molar-refractivity contribution in [2.45, 2.75) is 123 Å². The summed E-state index contributed by atoms with van der Waals surface area (Å²) in [4.78, 5) is 11.3. The Morgan fingerprint density at radius 2 is 1.40 bits per heavy atom. The molecule has 0 spiro atoms. The van der Waals surface area contributed by atoms with Crippen molar-refractivity contribution in [1.82, 2.24) is 0 Å². The first-order chi connectivity index (χ1) is 11.8. The van der Waals surface area contributed by atoms with Crippen LogP contribution in [0.3, 0.4) is 0 Å². The highest BCUT2D eigenvalue weighted by atomic mass is 16.6. The van der Waals surface area contributed by atoms with Crippen molar-refractivity contribution in [2.24, 2.45) is 0 Å². The monoisotopic (exact) mass is 358 g/mol. The summed E-state index contributed by atoms with van der Waals surface area (Å²) < 4.78 is 11.0. The van der Waals surface area contributed by atoms with E-state index in [0.717, 1.165) is 6.42 Å². The summed E-state index contributed by atoms with van der Waals surface area (Å²) in [6.07, 6.45) is 12.9. The lowest BCUT2D eigenvalue weighted by atomic mass is 9.99. The number of carbonyl (C=O) groups excluding carboxylic acids is 1. The van der Waals surface area contributed by atoms with Gasteiger partial charge in [0.25, 0.3) is 0 Å². The van der Waals surface area contributed by atoms with Gasteiger partial charge in [-0.1, -0.05) is 71.1 Å². The minimum Gasteiger partial charge on any atom is -0.458 e. The zero-order valence-corrected chi connectivity index (χ0v) is 17.3. The summed E-state index contributed by atoms with van der Waals surface area (Å²) in [6, 6.07) is 0. The van der Waals surface area contributed by atoms with E-state index in [1.54, 1.807) is 6.92 Å². The number of rotatable bonds is 16. The number of aliphatic hydroxyl groups excluding tert-OH is 1. The Morgan fingerprint density at radius 1 is 0.920 bits per heavy atom. The second-order valence-corrected chi connectivity index (χ2v) is 7.93. The van der Waals surface area contributed by atoms with Crippen LogP contribution in [-0.2, 0) is 14.3 Å². The van der Waals surface area contributed by atoms with E-state index in [4.69, 9.17) is 14.6 Å². The van der Waals surface area contributed by atoms with Crippen molar-refractivity contribution in [1.29, 1.82) is 0 Å². The van der Waals surface area contributed by atoms with E-state index in [-0.39, 0.29) is 11.7 Å². The van der Waals surface area contributed by atoms with Gasteiger partial charge in [-0.05, 0) is 34.1 Å². The van der Waals surface area contributed by atoms with Crippen molar-refractivity contribution in [2.75, 3.05) is 6.61 Å². The Labute approximate surface area is 155 Å². The van der Waals surface area contributed by atoms with Gasteiger partial charge in [0.05, 0.1) is 12.2 Å². The molecule has 4 nitrogen and oxygen atoms in total. The average molecular weight is 359 g/mol. The number of carbonyl (C=O) groups is 1. The van der Waals surface area contributed by atoms with Crippen molar-refractivity contribution < 1.29 is 19.4 Å². The van der Waals surface area contributed by atoms with Crippen LogP contribution in [-0.4, -0.2) is 35.5 Å². The van der Waals surface area contributed by atoms with Crippen molar-refractivity contribution in [3.05, 3.63) is 0 Å². The fraction of sp³-hybridized carbons (Fsp3) is 0.952. The molecule has 0 aromatic carbocycles. The zero-order chi connectivity index (χ0) is 19.1. The van der Waals surface area contributed by atoms with Crippen molar-refractivity contribution >= 4 is 5.97 Å². The largest absolute Gasteiger partial charge is 0.458 e. The third-order valence-electron chi connectivity index (χ3n) is 4.50. The molecule has 1 N–H and O–H groups in total. The van der Waals surface area contributed by atoms with Gasteiger partial charge in [0.1, 0.15) is 12.2 Å². The normalized spacial score (nSPS) is 14.3. The standard InChI is InChI=1S/C21H42O4/c1-6-7-8-9-10-11-12-13-14-15-16-21(4,5)24-17-18(2)25-20(23)19(3)22/h18-19,22H,6-17H2,1-5H3/t18?,19-/m1/s1. The molecular formula is C21H42O4. The highest BCUT2D eigenvalue weighted by Crippen LogP contribution is 2.20. The first-order valence-electron chi connectivity index (χ1n) is 10.3. The molecule has 150 valence electrons. The average Bonchev–Trinajstić information content (AvgIpc) is 2.54. The maximum absolute atomic E-state index is 11.3. The van der Waals surface area contributed by atoms with Gasteiger partial charge in [-0.3, -0.25) is 0 Å². The Morgan fingerprint density at radius 3 is 1.88 bits per heavy atom. The Kier molecular flexibility index (Phi) is 14.2. The number of esters is 1. The second kappa shape index (κ2) is 14.5. The molecule has 0 amide bonds. The number of ether oxygens (including phenoxy) is 2. The number of hydrogen-bond donors (Lipinski definition) is 1. The molecular weight excluding hydrogens is 316 g/mol. The Balaban J connectivity index is 3.62. The maximum Gasteiger partial charge on any atom is 0.335 e. The van der Waals surface area contributed by atoms with E-state index >= 15 is 0 Å². The molecule has 0 saturated carbocycles. The molecule has 0 bridgehead atoms. The van der Waals surface area contributed by atoms with Crippen LogP contribution >= 0.6 is 0 Å². The number of unbranched alkanes of at least 4 members (excludes halogenated alkanes) is 9. The van der Waals surface area contributed by atoms with E-state index in [2.05, 4.69) is 20.8 Å². The summed E-state index contributed by atoms with van der Waals surface area (Å²) >= 11 is 0. The van der Waals surface area contributed by atoms with Crippen LogP contribution in [0.5, 0.6) is 0 Å². The van der Waals surface area contributed by atoms with E-state index in [9.17, 15) is 4.79 Å². The van der Waals surface area contributed by atoms with Crippen LogP contribution in [0.1, 0.15) is 105 Å². The van der Waals surface area contributed by atoms with Gasteiger partial charge in [-0.2, -0.15) is 0 Å². The molecule has 0 aromatic rings. The molecule has 0 aromatic heterocycles. The molecule has 25 heavy (non-hydrogen) atoms. The molecule has 0 rings (SSSR count). The lowest BCUT2D eigenvalue weighted by Gasteiger charge is -2.27. The first kappa shape index (κ1) is 24.4. The van der Waals surface area contributed by atoms with Gasteiger partial charge in [-0.15, -0.1) is 0 Å². The van der Waals surface area contributed by atoms with Crippen LogP contribution in [0.4, 0.5) is 0 Å². The zero-order valence-electron chi connectivity index (χ0n) is 17.3. The Hall–Kier alpha value is -0.610. The molecule has 2 atom stereocenters. The molecule has 0 heterocycles. The predicted octanol–water partition coefficient (Wildman–Crippen LogP) is 5.41. The maximum atomic E-state index is 11.3. The van der Waals surface area contributed by atoms with E-state index in [1.807, 2.05) is 0 Å². The molecule has 0 saturated heterocycles. The molecule has 0 aliphatic carbocycles. The second-order valence-electron chi connectivity index (χ2n) is 7.93. The third-order valence-corrected chi connectivity index (χ3v) is 4.50. The van der Waals surface area contributed by atoms with Gasteiger partial charge in [0.2, 0.25) is 0 Å². The number of hydrogen-bond acceptors (Lipinski definition) is 4. The molecule has 0 fully saturated rings. The SMILES string of the molecule is CCCCCCCCCCCCC(C)(C)OCC(C)OC(=O)[C@@H](C)O. The van der Waals surface area contributed by atoms with E-state index < -0.39 is 12.1 Å². The van der Waals surface area contributed by atoms with Gasteiger partial charge in [-0.25, -0.2) is 4.79 Å². The molecule has 0 aliphatic heterocycles. The van der Waals surface area contributed by atoms with Crippen molar-refractivity contribution in [3.63, 3.8) is 0 Å². The highest BCUT2D eigenvalue weighted by Gasteiger charge is 2.21. The third kappa shape index (κ3) is 15.4. The fourth-order valence-corrected chi connectivity index (χ4v) is 2.78. The van der Waals surface area contributed by atoms with Gasteiger partial charge < -0.3 is 14.6 Å². The molecule has 0 aliphatic rings. The van der Waals surface area contributed by atoms with E-state index in [1.165, 1.54) is 71.1 Å². The highest BCUT2D eigenvalue weighted by molar-refractivity contribution is 5.73. The van der Waals surface area contributed by atoms with Crippen LogP contribution < -0.4 is 0 Å². The summed E-state index contributed by atoms with van der Waals surface area (Å²) in [5, 5.41) is 9.14. The molecule has 1 unspecified atom stereocenters. The summed E-state index contributed by atoms with van der Waals surface area (Å²) in [5.41, 5.74) is -0.203. The molecule has 0 radical (unpaired) electrons. The first-order valence-corrected chi connectivity index (χ1v) is 10.3. The van der Waals surface area contributed by atoms with Crippen LogP contribution in [0.25, 0.3) is 0 Å². The lowest BCUT2D eigenvalue weighted by Crippen LogP contribution is -2.32. The van der Waals surface area contributed by atoms with E-state index in [0.29, 0.717) is 6.61 Å². The van der Waals surface area contributed by atoms with Gasteiger partial charge in [0.15, 0.2) is 0 Å². The smallest absolute Gasteiger partial charge is 0.335 e. The summed E-state index contributed by atoms with van der Waals surface area (Å²) in [6.45, 7) is 9.99. The van der Waals surface area contributed by atoms with Crippen LogP contribution in [0.2, 0.25) is 0 Å². The topological polar surface area (TPSA) is 55.8 Å². The Bertz CT molecular complexity index is 326. The summed E-state index contributed by atoms with van der Waals surface area (Å²) in [5.74, 6) is -0.594. The predicted molar refractivity (Wildman–Crippen MR) is 104 cm³/mol. The number of aliphatic hydroxyl groups is 1.